The fourth-order valence-electron chi connectivity index (χ4n) is 6.93. The quantitative estimate of drug-likeness (QED) is 0.0805. The second kappa shape index (κ2) is 20.6. The number of hydrogen-bond donors (Lipinski definition) is 0. The summed E-state index contributed by atoms with van der Waals surface area (Å²) in [6, 6.07) is 38.7. The van der Waals surface area contributed by atoms with Crippen molar-refractivity contribution in [3.63, 3.8) is 0 Å². The molecule has 1 heteroatoms. The van der Waals surface area contributed by atoms with Gasteiger partial charge in [0.25, 0.3) is 0 Å². The molecule has 46 heavy (non-hydrogen) atoms. The molecule has 0 aliphatic carbocycles. The Kier molecular flexibility index (Phi) is 15.9. The molecular formula is C45H58O. The van der Waals surface area contributed by atoms with Gasteiger partial charge in [-0.25, -0.2) is 0 Å². The van der Waals surface area contributed by atoms with Crippen LogP contribution in [0.3, 0.4) is 0 Å². The summed E-state index contributed by atoms with van der Waals surface area (Å²) in [6.45, 7) is 4.55. The Labute approximate surface area is 280 Å². The van der Waals surface area contributed by atoms with Crippen molar-refractivity contribution in [2.24, 2.45) is 0 Å². The summed E-state index contributed by atoms with van der Waals surface area (Å²) in [6.07, 6.45) is 20.5. The van der Waals surface area contributed by atoms with Crippen molar-refractivity contribution in [1.29, 1.82) is 0 Å². The van der Waals surface area contributed by atoms with Crippen molar-refractivity contribution in [1.82, 2.24) is 0 Å². The van der Waals surface area contributed by atoms with E-state index in [2.05, 4.69) is 111 Å². The van der Waals surface area contributed by atoms with Gasteiger partial charge in [-0.05, 0) is 59.1 Å². The third-order valence-corrected chi connectivity index (χ3v) is 9.54. The van der Waals surface area contributed by atoms with Gasteiger partial charge in [0.15, 0.2) is 5.78 Å². The predicted octanol–water partition coefficient (Wildman–Crippen LogP) is 12.8. The van der Waals surface area contributed by atoms with E-state index in [-0.39, 0.29) is 17.6 Å². The van der Waals surface area contributed by atoms with Gasteiger partial charge < -0.3 is 0 Å². The molecule has 0 aromatic heterocycles. The number of ketones is 1. The van der Waals surface area contributed by atoms with Crippen LogP contribution in [0, 0.1) is 0 Å². The first-order valence-electron chi connectivity index (χ1n) is 18.5. The summed E-state index contributed by atoms with van der Waals surface area (Å²) in [5.41, 5.74) is 7.04. The highest BCUT2D eigenvalue weighted by Crippen LogP contribution is 2.36. The minimum absolute atomic E-state index is 0.249. The van der Waals surface area contributed by atoms with Crippen molar-refractivity contribution >= 4 is 5.78 Å². The lowest BCUT2D eigenvalue weighted by molar-refractivity contribution is -0.120. The Morgan fingerprint density at radius 2 is 0.761 bits per heavy atom. The summed E-state index contributed by atoms with van der Waals surface area (Å²) >= 11 is 0. The lowest BCUT2D eigenvalue weighted by Crippen LogP contribution is -2.23. The standard InChI is InChI=1S/C45H58O/c1-3-5-7-9-11-13-17-25-37-27-23-33-41(35-37)43(39-29-19-15-20-30-39)45(46)44(40-31-21-16-22-32-40)42-34-24-28-38(36-42)26-18-14-12-10-8-6-4-2/h15-16,19-24,27-36,43-44H,3-14,17-18,25-26H2,1-2H3. The van der Waals surface area contributed by atoms with Crippen molar-refractivity contribution in [3.05, 3.63) is 143 Å². The fourth-order valence-corrected chi connectivity index (χ4v) is 6.93. The molecule has 1 nitrogen and oxygen atoms in total. The third kappa shape index (κ3) is 11.4. The van der Waals surface area contributed by atoms with Crippen molar-refractivity contribution in [3.8, 4) is 0 Å². The molecule has 4 rings (SSSR count). The van der Waals surface area contributed by atoms with Gasteiger partial charge in [-0.15, -0.1) is 0 Å². The number of carbonyl (C=O) groups is 1. The second-order valence-electron chi connectivity index (χ2n) is 13.3. The smallest absolute Gasteiger partial charge is 0.156 e. The van der Waals surface area contributed by atoms with E-state index in [9.17, 15) is 0 Å². The van der Waals surface area contributed by atoms with Crippen LogP contribution in [-0.4, -0.2) is 5.78 Å². The van der Waals surface area contributed by atoms with Crippen LogP contribution in [0.25, 0.3) is 0 Å². The highest BCUT2D eigenvalue weighted by Gasteiger charge is 2.32. The number of Topliss-reactive ketones (excluding diaryl/α,β-unsaturated/α-hetero) is 1. The van der Waals surface area contributed by atoms with Crippen LogP contribution in [0.2, 0.25) is 0 Å². The van der Waals surface area contributed by atoms with E-state index in [1.54, 1.807) is 0 Å². The molecule has 0 bridgehead atoms. The molecule has 0 fully saturated rings. The van der Waals surface area contributed by atoms with Crippen molar-refractivity contribution in [2.45, 2.75) is 128 Å². The average Bonchev–Trinajstić information content (AvgIpc) is 3.09. The molecule has 0 N–H and O–H groups in total. The van der Waals surface area contributed by atoms with Gasteiger partial charge in [-0.1, -0.05) is 200 Å². The van der Waals surface area contributed by atoms with Crippen molar-refractivity contribution < 1.29 is 4.79 Å². The maximum absolute atomic E-state index is 15.0. The molecule has 0 aliphatic heterocycles. The Morgan fingerprint density at radius 3 is 1.15 bits per heavy atom. The van der Waals surface area contributed by atoms with Crippen LogP contribution in [-0.2, 0) is 17.6 Å². The third-order valence-electron chi connectivity index (χ3n) is 9.54. The Morgan fingerprint density at radius 1 is 0.413 bits per heavy atom. The van der Waals surface area contributed by atoms with Crippen LogP contribution in [0.4, 0.5) is 0 Å². The summed E-state index contributed by atoms with van der Waals surface area (Å²) in [5, 5.41) is 0. The van der Waals surface area contributed by atoms with E-state index in [1.807, 2.05) is 12.1 Å². The molecule has 0 aliphatic rings. The summed E-state index contributed by atoms with van der Waals surface area (Å²) in [4.78, 5) is 15.0. The first kappa shape index (κ1) is 35.4. The van der Waals surface area contributed by atoms with E-state index in [4.69, 9.17) is 0 Å². The lowest BCUT2D eigenvalue weighted by Gasteiger charge is -2.25. The zero-order valence-electron chi connectivity index (χ0n) is 28.8. The molecule has 4 aromatic carbocycles. The maximum Gasteiger partial charge on any atom is 0.156 e. The SMILES string of the molecule is CCCCCCCCCc1cccc(C(C(=O)C(c2ccccc2)c2cccc(CCCCCCCCC)c2)c2ccccc2)c1. The summed E-state index contributed by atoms with van der Waals surface area (Å²) in [5.74, 6) is -0.405. The number of unbranched alkanes of at least 4 members (excludes halogenated alkanes) is 12. The minimum atomic E-state index is -0.327. The van der Waals surface area contributed by atoms with Crippen LogP contribution < -0.4 is 0 Å². The van der Waals surface area contributed by atoms with Gasteiger partial charge >= 0.3 is 0 Å². The molecule has 0 saturated carbocycles. The first-order chi connectivity index (χ1) is 22.7. The highest BCUT2D eigenvalue weighted by atomic mass is 16.1. The topological polar surface area (TPSA) is 17.1 Å². The van der Waals surface area contributed by atoms with E-state index in [0.29, 0.717) is 0 Å². The molecule has 2 atom stereocenters. The molecule has 0 saturated heterocycles. The first-order valence-corrected chi connectivity index (χ1v) is 18.5. The summed E-state index contributed by atoms with van der Waals surface area (Å²) < 4.78 is 0. The maximum atomic E-state index is 15.0. The number of hydrogen-bond acceptors (Lipinski definition) is 1. The van der Waals surface area contributed by atoms with Crippen molar-refractivity contribution in [2.75, 3.05) is 0 Å². The molecule has 0 spiro atoms. The average molecular weight is 615 g/mol. The zero-order chi connectivity index (χ0) is 32.2. The number of rotatable bonds is 22. The summed E-state index contributed by atoms with van der Waals surface area (Å²) in [7, 11) is 0. The number of benzene rings is 4. The molecular weight excluding hydrogens is 556 g/mol. The van der Waals surface area contributed by atoms with Crippen LogP contribution in [0.1, 0.15) is 149 Å². The Bertz CT molecular complexity index is 1280. The van der Waals surface area contributed by atoms with Gasteiger partial charge in [0, 0.05) is 0 Å². The Hall–Kier alpha value is -3.45. The lowest BCUT2D eigenvalue weighted by atomic mass is 9.76. The largest absolute Gasteiger partial charge is 0.298 e. The van der Waals surface area contributed by atoms with E-state index < -0.39 is 0 Å². The van der Waals surface area contributed by atoms with Gasteiger partial charge in [0.2, 0.25) is 0 Å². The normalized spacial score (nSPS) is 12.6. The van der Waals surface area contributed by atoms with Gasteiger partial charge in [-0.2, -0.15) is 0 Å². The minimum Gasteiger partial charge on any atom is -0.298 e. The molecule has 244 valence electrons. The molecule has 2 unspecified atom stereocenters. The molecule has 0 heterocycles. The number of carbonyl (C=O) groups excluding carboxylic acids is 1. The van der Waals surface area contributed by atoms with Crippen LogP contribution in [0.15, 0.2) is 109 Å². The van der Waals surface area contributed by atoms with E-state index in [0.717, 1.165) is 35.1 Å². The monoisotopic (exact) mass is 614 g/mol. The van der Waals surface area contributed by atoms with Crippen LogP contribution >= 0.6 is 0 Å². The van der Waals surface area contributed by atoms with E-state index in [1.165, 1.54) is 101 Å². The van der Waals surface area contributed by atoms with Crippen LogP contribution in [0.5, 0.6) is 0 Å². The van der Waals surface area contributed by atoms with Gasteiger partial charge in [0.05, 0.1) is 11.8 Å². The predicted molar refractivity (Wildman–Crippen MR) is 198 cm³/mol. The molecule has 0 radical (unpaired) electrons. The fraction of sp³-hybridized carbons (Fsp3) is 0.444. The molecule has 4 aromatic rings. The van der Waals surface area contributed by atoms with Gasteiger partial charge in [-0.3, -0.25) is 4.79 Å². The molecule has 0 amide bonds. The highest BCUT2D eigenvalue weighted by molar-refractivity contribution is 5.97. The zero-order valence-corrected chi connectivity index (χ0v) is 28.8. The Balaban J connectivity index is 1.56. The number of aryl methyl sites for hydroxylation is 2. The van der Waals surface area contributed by atoms with Gasteiger partial charge in [0.1, 0.15) is 0 Å². The van der Waals surface area contributed by atoms with E-state index >= 15 is 4.79 Å². The second-order valence-corrected chi connectivity index (χ2v) is 13.3.